The van der Waals surface area contributed by atoms with Gasteiger partial charge in [-0.05, 0) is 13.8 Å². The van der Waals surface area contributed by atoms with Gasteiger partial charge in [0.2, 0.25) is 5.69 Å². The first-order chi connectivity index (χ1) is 5.20. The van der Waals surface area contributed by atoms with E-state index >= 15 is 0 Å². The highest BCUT2D eigenvalue weighted by Crippen LogP contribution is 2.26. The average Bonchev–Trinajstić information content (AvgIpc) is 2.29. The smallest absolute Gasteiger partial charge is 0.207 e. The van der Waals surface area contributed by atoms with Crippen molar-refractivity contribution in [2.45, 2.75) is 19.3 Å². The fourth-order valence-electron chi connectivity index (χ4n) is 1.51. The van der Waals surface area contributed by atoms with E-state index in [2.05, 4.69) is 49.3 Å². The van der Waals surface area contributed by atoms with Gasteiger partial charge >= 0.3 is 0 Å². The first-order valence-corrected chi connectivity index (χ1v) is 3.90. The summed E-state index contributed by atoms with van der Waals surface area (Å²) in [4.78, 5) is 3.27. The van der Waals surface area contributed by atoms with E-state index in [1.165, 1.54) is 11.3 Å². The predicted molar refractivity (Wildman–Crippen MR) is 46.2 cm³/mol. The zero-order valence-electron chi connectivity index (χ0n) is 7.26. The third kappa shape index (κ3) is 1.31. The van der Waals surface area contributed by atoms with Crippen LogP contribution < -0.4 is 22.0 Å². The molecule has 0 atom stereocenters. The van der Waals surface area contributed by atoms with Crippen molar-refractivity contribution in [1.82, 2.24) is 0 Å². The third-order valence-electron chi connectivity index (χ3n) is 2.21. The Morgan fingerprint density at radius 2 is 1.83 bits per heavy atom. The van der Waals surface area contributed by atoms with Gasteiger partial charge in [-0.2, -0.15) is 0 Å². The van der Waals surface area contributed by atoms with Gasteiger partial charge in [0.15, 0.2) is 6.21 Å². The van der Waals surface area contributed by atoms with Crippen LogP contribution in [0.4, 0.5) is 5.69 Å². The number of hydrogen-bond donors (Lipinski definition) is 1. The summed E-state index contributed by atoms with van der Waals surface area (Å²) in [5.74, 6) is 0. The molecule has 1 aliphatic rings. The molecular formula is C10H12BrN. The van der Waals surface area contributed by atoms with Crippen molar-refractivity contribution < 1.29 is 22.0 Å². The Bertz CT molecular complexity index is 315. The molecule has 0 amide bonds. The van der Waals surface area contributed by atoms with E-state index in [1.807, 2.05) is 0 Å². The van der Waals surface area contributed by atoms with E-state index in [0.29, 0.717) is 0 Å². The van der Waals surface area contributed by atoms with Crippen molar-refractivity contribution >= 4 is 11.9 Å². The molecule has 1 nitrogen and oxygen atoms in total. The monoisotopic (exact) mass is 225 g/mol. The zero-order valence-corrected chi connectivity index (χ0v) is 8.85. The van der Waals surface area contributed by atoms with Crippen molar-refractivity contribution in [2.24, 2.45) is 0 Å². The quantitative estimate of drug-likeness (QED) is 0.514. The van der Waals surface area contributed by atoms with E-state index in [4.69, 9.17) is 0 Å². The Hall–Kier alpha value is -0.630. The maximum atomic E-state index is 3.27. The number of fused-ring (bicyclic) bond motifs is 1. The first kappa shape index (κ1) is 9.46. The van der Waals surface area contributed by atoms with Gasteiger partial charge in [0.1, 0.15) is 0 Å². The van der Waals surface area contributed by atoms with Gasteiger partial charge in [0.25, 0.3) is 0 Å². The Morgan fingerprint density at radius 3 is 2.50 bits per heavy atom. The van der Waals surface area contributed by atoms with E-state index in [1.54, 1.807) is 0 Å². The standard InChI is InChI=1S/C10H11N.BrH/c1-10(2)7-11-9-6-4-3-5-8(9)10;/h3-7H,1-2H3;1H. The molecule has 1 heterocycles. The molecule has 0 saturated heterocycles. The molecule has 1 aromatic carbocycles. The minimum absolute atomic E-state index is 0. The molecule has 1 N–H and O–H groups in total. The van der Waals surface area contributed by atoms with Crippen molar-refractivity contribution in [3.8, 4) is 0 Å². The molecule has 0 spiro atoms. The van der Waals surface area contributed by atoms with E-state index in [-0.39, 0.29) is 22.4 Å². The van der Waals surface area contributed by atoms with Gasteiger partial charge in [0, 0.05) is 11.6 Å². The van der Waals surface area contributed by atoms with Gasteiger partial charge in [-0.25, -0.2) is 4.99 Å². The molecule has 2 heteroatoms. The minimum Gasteiger partial charge on any atom is -1.00 e. The van der Waals surface area contributed by atoms with Crippen LogP contribution in [0.15, 0.2) is 24.3 Å². The normalized spacial score (nSPS) is 16.8. The number of benzene rings is 1. The number of para-hydroxylation sites is 1. The van der Waals surface area contributed by atoms with Crippen LogP contribution >= 0.6 is 0 Å². The minimum atomic E-state index is 0. The molecule has 0 aliphatic carbocycles. The van der Waals surface area contributed by atoms with Crippen LogP contribution in [0.3, 0.4) is 0 Å². The van der Waals surface area contributed by atoms with Crippen LogP contribution in [0.1, 0.15) is 19.4 Å². The first-order valence-electron chi connectivity index (χ1n) is 3.90. The van der Waals surface area contributed by atoms with E-state index in [0.717, 1.165) is 0 Å². The molecule has 0 aromatic heterocycles. The lowest BCUT2D eigenvalue weighted by Gasteiger charge is -2.09. The molecule has 0 saturated carbocycles. The summed E-state index contributed by atoms with van der Waals surface area (Å²) >= 11 is 0. The lowest BCUT2D eigenvalue weighted by Crippen LogP contribution is -3.00. The van der Waals surface area contributed by atoms with E-state index < -0.39 is 0 Å². The Morgan fingerprint density at radius 1 is 1.17 bits per heavy atom. The fraction of sp³-hybridized carbons (Fsp3) is 0.300. The molecule has 0 bridgehead atoms. The van der Waals surface area contributed by atoms with Crippen LogP contribution in [-0.4, -0.2) is 6.21 Å². The fourth-order valence-corrected chi connectivity index (χ4v) is 1.51. The van der Waals surface area contributed by atoms with Gasteiger partial charge in [-0.3, -0.25) is 0 Å². The van der Waals surface area contributed by atoms with Gasteiger partial charge in [-0.1, -0.05) is 18.2 Å². The number of hydrogen-bond acceptors (Lipinski definition) is 0. The summed E-state index contributed by atoms with van der Waals surface area (Å²) in [6.45, 7) is 4.43. The molecule has 0 unspecified atom stereocenters. The van der Waals surface area contributed by atoms with Crippen molar-refractivity contribution in [3.05, 3.63) is 29.8 Å². The van der Waals surface area contributed by atoms with Crippen LogP contribution in [0, 0.1) is 0 Å². The zero-order chi connectivity index (χ0) is 7.90. The number of halogens is 1. The Balaban J connectivity index is 0.000000720. The molecule has 2 rings (SSSR count). The summed E-state index contributed by atoms with van der Waals surface area (Å²) in [5, 5.41) is 0. The number of rotatable bonds is 0. The second kappa shape index (κ2) is 3.02. The molecule has 0 radical (unpaired) electrons. The third-order valence-corrected chi connectivity index (χ3v) is 2.21. The topological polar surface area (TPSA) is 14.0 Å². The van der Waals surface area contributed by atoms with Crippen LogP contribution in [-0.2, 0) is 5.41 Å². The van der Waals surface area contributed by atoms with Crippen molar-refractivity contribution in [2.75, 3.05) is 0 Å². The van der Waals surface area contributed by atoms with Crippen molar-refractivity contribution in [3.63, 3.8) is 0 Å². The lowest BCUT2D eigenvalue weighted by molar-refractivity contribution is -0.344. The second-order valence-electron chi connectivity index (χ2n) is 3.56. The molecule has 64 valence electrons. The SMILES string of the molecule is CC1(C)C=[NH+]c2ccccc21.[Br-]. The molecule has 12 heavy (non-hydrogen) atoms. The average molecular weight is 226 g/mol. The summed E-state index contributed by atoms with van der Waals surface area (Å²) in [6, 6.07) is 8.43. The number of nitrogens with one attached hydrogen (secondary N) is 1. The summed E-state index contributed by atoms with van der Waals surface area (Å²) < 4.78 is 0. The van der Waals surface area contributed by atoms with E-state index in [9.17, 15) is 0 Å². The molecule has 1 aliphatic heterocycles. The Kier molecular flexibility index (Phi) is 2.38. The maximum Gasteiger partial charge on any atom is 0.207 e. The largest absolute Gasteiger partial charge is 1.00 e. The van der Waals surface area contributed by atoms with Gasteiger partial charge in [0.05, 0.1) is 5.41 Å². The highest BCUT2D eigenvalue weighted by atomic mass is 79.9. The maximum absolute atomic E-state index is 3.27. The highest BCUT2D eigenvalue weighted by Gasteiger charge is 2.31. The molecular weight excluding hydrogens is 214 g/mol. The van der Waals surface area contributed by atoms with Crippen LogP contribution in [0.25, 0.3) is 0 Å². The molecule has 1 aromatic rings. The summed E-state index contributed by atoms with van der Waals surface area (Å²) in [5.41, 5.74) is 2.83. The van der Waals surface area contributed by atoms with Crippen molar-refractivity contribution in [1.29, 1.82) is 0 Å². The Labute approximate surface area is 83.3 Å². The highest BCUT2D eigenvalue weighted by molar-refractivity contribution is 5.75. The van der Waals surface area contributed by atoms with Crippen LogP contribution in [0.2, 0.25) is 0 Å². The molecule has 0 fully saturated rings. The lowest BCUT2D eigenvalue weighted by atomic mass is 9.87. The predicted octanol–water partition coefficient (Wildman–Crippen LogP) is -2.24. The second-order valence-corrected chi connectivity index (χ2v) is 3.56. The summed E-state index contributed by atoms with van der Waals surface area (Å²) in [7, 11) is 0. The van der Waals surface area contributed by atoms with Gasteiger partial charge < -0.3 is 17.0 Å². The van der Waals surface area contributed by atoms with Gasteiger partial charge in [-0.15, -0.1) is 0 Å². The summed E-state index contributed by atoms with van der Waals surface area (Å²) in [6.07, 6.45) is 2.14. The van der Waals surface area contributed by atoms with Crippen LogP contribution in [0.5, 0.6) is 0 Å².